The molecule has 0 amide bonds. The summed E-state index contributed by atoms with van der Waals surface area (Å²) >= 11 is 0. The van der Waals surface area contributed by atoms with Crippen molar-refractivity contribution >= 4 is 12.4 Å². The number of methoxy groups -OCH3 is 2. The van der Waals surface area contributed by atoms with Gasteiger partial charge in [0.05, 0.1) is 14.2 Å². The van der Waals surface area contributed by atoms with Gasteiger partial charge in [-0.3, -0.25) is 0 Å². The summed E-state index contributed by atoms with van der Waals surface area (Å²) in [5.74, 6) is 1.59. The first-order valence-electron chi connectivity index (χ1n) is 5.17. The number of ether oxygens (including phenoxy) is 2. The van der Waals surface area contributed by atoms with Crippen LogP contribution in [0.25, 0.3) is 0 Å². The van der Waals surface area contributed by atoms with Gasteiger partial charge in [0.25, 0.3) is 0 Å². The van der Waals surface area contributed by atoms with Crippen LogP contribution in [0.15, 0.2) is 18.2 Å². The SMILES string of the molecule is CNCCCc1ccc(OC)c(OC)c1.Cl. The van der Waals surface area contributed by atoms with E-state index in [1.807, 2.05) is 19.2 Å². The lowest BCUT2D eigenvalue weighted by Crippen LogP contribution is -2.08. The molecule has 0 heterocycles. The van der Waals surface area contributed by atoms with E-state index in [1.165, 1.54) is 5.56 Å². The first kappa shape index (κ1) is 15.1. The van der Waals surface area contributed by atoms with Gasteiger partial charge in [-0.25, -0.2) is 0 Å². The topological polar surface area (TPSA) is 30.5 Å². The fraction of sp³-hybridized carbons (Fsp3) is 0.500. The molecule has 0 saturated carbocycles. The van der Waals surface area contributed by atoms with Crippen LogP contribution in [-0.4, -0.2) is 27.8 Å². The highest BCUT2D eigenvalue weighted by Gasteiger charge is 2.03. The fourth-order valence-electron chi connectivity index (χ4n) is 1.51. The van der Waals surface area contributed by atoms with E-state index in [4.69, 9.17) is 9.47 Å². The molecule has 3 nitrogen and oxygen atoms in total. The summed E-state index contributed by atoms with van der Waals surface area (Å²) < 4.78 is 10.4. The Kier molecular flexibility index (Phi) is 7.77. The maximum atomic E-state index is 5.24. The van der Waals surface area contributed by atoms with Crippen LogP contribution in [0.4, 0.5) is 0 Å². The smallest absolute Gasteiger partial charge is 0.160 e. The molecule has 0 aromatic heterocycles. The van der Waals surface area contributed by atoms with Gasteiger partial charge in [-0.2, -0.15) is 0 Å². The predicted octanol–water partition coefficient (Wildman–Crippen LogP) is 2.28. The van der Waals surface area contributed by atoms with Gasteiger partial charge in [0.15, 0.2) is 11.5 Å². The highest BCUT2D eigenvalue weighted by molar-refractivity contribution is 5.85. The second-order valence-electron chi connectivity index (χ2n) is 3.40. The van der Waals surface area contributed by atoms with E-state index in [2.05, 4.69) is 11.4 Å². The van der Waals surface area contributed by atoms with Crippen molar-refractivity contribution in [2.75, 3.05) is 27.8 Å². The predicted molar refractivity (Wildman–Crippen MR) is 69.0 cm³/mol. The quantitative estimate of drug-likeness (QED) is 0.780. The molecule has 0 spiro atoms. The first-order chi connectivity index (χ1) is 7.31. The highest BCUT2D eigenvalue weighted by Crippen LogP contribution is 2.27. The van der Waals surface area contributed by atoms with E-state index in [0.717, 1.165) is 30.9 Å². The number of benzene rings is 1. The normalized spacial score (nSPS) is 9.44. The van der Waals surface area contributed by atoms with Gasteiger partial charge in [-0.1, -0.05) is 6.07 Å². The number of nitrogens with one attached hydrogen (secondary N) is 1. The summed E-state index contributed by atoms with van der Waals surface area (Å²) in [5.41, 5.74) is 1.28. The van der Waals surface area contributed by atoms with E-state index >= 15 is 0 Å². The maximum Gasteiger partial charge on any atom is 0.160 e. The summed E-state index contributed by atoms with van der Waals surface area (Å²) in [5, 5.41) is 3.13. The summed E-state index contributed by atoms with van der Waals surface area (Å²) in [6.45, 7) is 1.04. The molecule has 1 aromatic rings. The van der Waals surface area contributed by atoms with Crippen molar-refractivity contribution in [1.82, 2.24) is 5.32 Å². The third-order valence-corrected chi connectivity index (χ3v) is 2.34. The zero-order valence-electron chi connectivity index (χ0n) is 10.1. The molecule has 0 fully saturated rings. The number of hydrogen-bond donors (Lipinski definition) is 1. The summed E-state index contributed by atoms with van der Waals surface area (Å²) in [7, 11) is 5.28. The Labute approximate surface area is 104 Å². The molecule has 0 unspecified atom stereocenters. The zero-order valence-corrected chi connectivity index (χ0v) is 10.9. The minimum Gasteiger partial charge on any atom is -0.493 e. The Bertz CT molecular complexity index is 305. The number of rotatable bonds is 6. The Hall–Kier alpha value is -0.930. The van der Waals surface area contributed by atoms with Crippen LogP contribution in [0, 0.1) is 0 Å². The summed E-state index contributed by atoms with van der Waals surface area (Å²) in [6.07, 6.45) is 2.19. The van der Waals surface area contributed by atoms with Crippen LogP contribution in [-0.2, 0) is 6.42 Å². The van der Waals surface area contributed by atoms with Crippen molar-refractivity contribution in [2.24, 2.45) is 0 Å². The maximum absolute atomic E-state index is 5.24. The van der Waals surface area contributed by atoms with Crippen molar-refractivity contribution in [3.05, 3.63) is 23.8 Å². The zero-order chi connectivity index (χ0) is 11.1. The molecule has 4 heteroatoms. The number of aryl methyl sites for hydroxylation is 1. The monoisotopic (exact) mass is 245 g/mol. The molecule has 1 N–H and O–H groups in total. The molecule has 0 atom stereocenters. The van der Waals surface area contributed by atoms with Gasteiger partial charge in [0, 0.05) is 0 Å². The second-order valence-corrected chi connectivity index (χ2v) is 3.40. The molecule has 0 saturated heterocycles. The minimum absolute atomic E-state index is 0. The third kappa shape index (κ3) is 4.29. The Balaban J connectivity index is 0.00000225. The van der Waals surface area contributed by atoms with Crippen LogP contribution in [0.3, 0.4) is 0 Å². The molecule has 0 radical (unpaired) electrons. The molecule has 0 aliphatic carbocycles. The van der Waals surface area contributed by atoms with E-state index in [-0.39, 0.29) is 12.4 Å². The second kappa shape index (κ2) is 8.25. The van der Waals surface area contributed by atoms with Crippen LogP contribution < -0.4 is 14.8 Å². The van der Waals surface area contributed by atoms with Crippen molar-refractivity contribution in [3.8, 4) is 11.5 Å². The molecule has 1 rings (SSSR count). The van der Waals surface area contributed by atoms with Crippen LogP contribution in [0.5, 0.6) is 11.5 Å². The van der Waals surface area contributed by atoms with Crippen LogP contribution in [0.2, 0.25) is 0 Å². The van der Waals surface area contributed by atoms with Gasteiger partial charge in [0.1, 0.15) is 0 Å². The standard InChI is InChI=1S/C12H19NO2.ClH/c1-13-8-4-5-10-6-7-11(14-2)12(9-10)15-3;/h6-7,9,13H,4-5,8H2,1-3H3;1H. The van der Waals surface area contributed by atoms with E-state index in [9.17, 15) is 0 Å². The van der Waals surface area contributed by atoms with Gasteiger partial charge < -0.3 is 14.8 Å². The Morgan fingerprint density at radius 1 is 1.12 bits per heavy atom. The van der Waals surface area contributed by atoms with Gasteiger partial charge in [-0.05, 0) is 44.1 Å². The van der Waals surface area contributed by atoms with Crippen LogP contribution in [0.1, 0.15) is 12.0 Å². The lowest BCUT2D eigenvalue weighted by molar-refractivity contribution is 0.354. The molecular weight excluding hydrogens is 226 g/mol. The van der Waals surface area contributed by atoms with E-state index < -0.39 is 0 Å². The fourth-order valence-corrected chi connectivity index (χ4v) is 1.51. The largest absolute Gasteiger partial charge is 0.493 e. The third-order valence-electron chi connectivity index (χ3n) is 2.34. The Morgan fingerprint density at radius 2 is 1.81 bits per heavy atom. The average Bonchev–Trinajstić information content (AvgIpc) is 2.29. The number of halogens is 1. The molecule has 1 aromatic carbocycles. The lowest BCUT2D eigenvalue weighted by atomic mass is 10.1. The minimum atomic E-state index is 0. The molecule has 16 heavy (non-hydrogen) atoms. The van der Waals surface area contributed by atoms with Crippen LogP contribution >= 0.6 is 12.4 Å². The van der Waals surface area contributed by atoms with Gasteiger partial charge in [0.2, 0.25) is 0 Å². The summed E-state index contributed by atoms with van der Waals surface area (Å²) in [4.78, 5) is 0. The van der Waals surface area contributed by atoms with Gasteiger partial charge >= 0.3 is 0 Å². The van der Waals surface area contributed by atoms with E-state index in [1.54, 1.807) is 14.2 Å². The Morgan fingerprint density at radius 3 is 2.38 bits per heavy atom. The molecule has 0 bridgehead atoms. The van der Waals surface area contributed by atoms with E-state index in [0.29, 0.717) is 0 Å². The molecule has 0 aliphatic rings. The molecule has 0 aliphatic heterocycles. The van der Waals surface area contributed by atoms with Gasteiger partial charge in [-0.15, -0.1) is 12.4 Å². The van der Waals surface area contributed by atoms with Crippen molar-refractivity contribution < 1.29 is 9.47 Å². The molecular formula is C12H20ClNO2. The van der Waals surface area contributed by atoms with Crippen molar-refractivity contribution in [2.45, 2.75) is 12.8 Å². The summed E-state index contributed by atoms with van der Waals surface area (Å²) in [6, 6.07) is 6.07. The average molecular weight is 246 g/mol. The lowest BCUT2D eigenvalue weighted by Gasteiger charge is -2.09. The molecule has 92 valence electrons. The number of hydrogen-bond acceptors (Lipinski definition) is 3. The first-order valence-corrected chi connectivity index (χ1v) is 5.17. The van der Waals surface area contributed by atoms with Crippen molar-refractivity contribution in [3.63, 3.8) is 0 Å². The van der Waals surface area contributed by atoms with Crippen molar-refractivity contribution in [1.29, 1.82) is 0 Å². The highest BCUT2D eigenvalue weighted by atomic mass is 35.5.